The maximum atomic E-state index is 12.7. The van der Waals surface area contributed by atoms with E-state index in [1.807, 2.05) is 18.2 Å². The lowest BCUT2D eigenvalue weighted by molar-refractivity contribution is -0.123. The van der Waals surface area contributed by atoms with Gasteiger partial charge in [0.1, 0.15) is 17.1 Å². The van der Waals surface area contributed by atoms with Gasteiger partial charge in [-0.2, -0.15) is 0 Å². The van der Waals surface area contributed by atoms with Gasteiger partial charge >= 0.3 is 0 Å². The predicted molar refractivity (Wildman–Crippen MR) is 125 cm³/mol. The van der Waals surface area contributed by atoms with E-state index in [0.29, 0.717) is 12.5 Å². The zero-order valence-electron chi connectivity index (χ0n) is 19.0. The molecule has 5 rings (SSSR count). The fraction of sp³-hybridized carbons (Fsp3) is 0.519. The molecule has 1 N–H and O–H groups in total. The van der Waals surface area contributed by atoms with Gasteiger partial charge in [-0.15, -0.1) is 0 Å². The number of nitrogens with zero attached hydrogens (tertiary/aromatic N) is 1. The van der Waals surface area contributed by atoms with Gasteiger partial charge in [0.2, 0.25) is 5.91 Å². The van der Waals surface area contributed by atoms with Crippen LogP contribution in [0.25, 0.3) is 0 Å². The van der Waals surface area contributed by atoms with Crippen LogP contribution in [0.2, 0.25) is 0 Å². The maximum Gasteiger partial charge on any atom is 0.220 e. The van der Waals surface area contributed by atoms with Crippen molar-refractivity contribution in [3.8, 4) is 11.5 Å². The van der Waals surface area contributed by atoms with Gasteiger partial charge < -0.3 is 14.8 Å². The third-order valence-corrected chi connectivity index (χ3v) is 7.54. The van der Waals surface area contributed by atoms with Gasteiger partial charge in [0, 0.05) is 38.0 Å². The van der Waals surface area contributed by atoms with E-state index >= 15 is 0 Å². The lowest BCUT2D eigenvalue weighted by Gasteiger charge is -2.47. The largest absolute Gasteiger partial charge is 0.497 e. The first-order chi connectivity index (χ1) is 15.6. The van der Waals surface area contributed by atoms with Crippen LogP contribution in [0, 0.1) is 0 Å². The minimum Gasteiger partial charge on any atom is -0.497 e. The number of fused-ring (bicyclic) bond motifs is 1. The molecule has 1 saturated heterocycles. The van der Waals surface area contributed by atoms with Crippen LogP contribution in [0.5, 0.6) is 11.5 Å². The zero-order chi connectivity index (χ0) is 22.0. The Hall–Kier alpha value is -2.53. The molecule has 2 fully saturated rings. The van der Waals surface area contributed by atoms with E-state index in [9.17, 15) is 4.79 Å². The number of benzene rings is 2. The molecule has 2 aliphatic heterocycles. The van der Waals surface area contributed by atoms with Crippen LogP contribution in [0.4, 0.5) is 0 Å². The summed E-state index contributed by atoms with van der Waals surface area (Å²) in [5.41, 5.74) is 2.34. The number of piperidine rings is 1. The van der Waals surface area contributed by atoms with Gasteiger partial charge in [-0.25, -0.2) is 0 Å². The first-order valence-corrected chi connectivity index (χ1v) is 12.1. The van der Waals surface area contributed by atoms with Crippen molar-refractivity contribution < 1.29 is 14.3 Å². The van der Waals surface area contributed by atoms with Crippen LogP contribution in [0.1, 0.15) is 62.0 Å². The Labute approximate surface area is 191 Å². The van der Waals surface area contributed by atoms with Gasteiger partial charge in [0.05, 0.1) is 7.11 Å². The lowest BCUT2D eigenvalue weighted by Crippen LogP contribution is -2.50. The summed E-state index contributed by atoms with van der Waals surface area (Å²) < 4.78 is 11.9. The zero-order valence-corrected chi connectivity index (χ0v) is 19.0. The molecule has 1 atom stereocenters. The number of ether oxygens (including phenoxy) is 2. The van der Waals surface area contributed by atoms with Crippen LogP contribution in [-0.2, 0) is 11.3 Å². The Kier molecular flexibility index (Phi) is 6.09. The average Bonchev–Trinajstić information content (AvgIpc) is 2.78. The molecule has 32 heavy (non-hydrogen) atoms. The summed E-state index contributed by atoms with van der Waals surface area (Å²) in [7, 11) is 1.70. The Morgan fingerprint density at radius 3 is 2.56 bits per heavy atom. The standard InChI is InChI=1S/C27H34N2O3/c1-31-23-11-9-20(10-12-23)19-29-15-13-27(14-16-29)18-21(17-26(30)28-22-5-4-6-22)24-7-2-3-8-25(24)32-27/h2-3,7-12,21-22H,4-6,13-19H2,1H3,(H,28,30). The van der Waals surface area contributed by atoms with Crippen molar-refractivity contribution in [3.05, 3.63) is 59.7 Å². The molecular weight excluding hydrogens is 400 g/mol. The molecular formula is C27H34N2O3. The van der Waals surface area contributed by atoms with Crippen molar-refractivity contribution >= 4 is 5.91 Å². The van der Waals surface area contributed by atoms with Crippen molar-refractivity contribution in [1.29, 1.82) is 0 Å². The van der Waals surface area contributed by atoms with Crippen LogP contribution < -0.4 is 14.8 Å². The van der Waals surface area contributed by atoms with Crippen molar-refractivity contribution in [1.82, 2.24) is 10.2 Å². The van der Waals surface area contributed by atoms with Crippen LogP contribution >= 0.6 is 0 Å². The molecule has 0 aromatic heterocycles. The third-order valence-electron chi connectivity index (χ3n) is 7.54. The highest BCUT2D eigenvalue weighted by Gasteiger charge is 2.43. The van der Waals surface area contributed by atoms with Crippen LogP contribution in [0.3, 0.4) is 0 Å². The summed E-state index contributed by atoms with van der Waals surface area (Å²) in [6.07, 6.45) is 6.98. The summed E-state index contributed by atoms with van der Waals surface area (Å²) >= 11 is 0. The first-order valence-electron chi connectivity index (χ1n) is 12.1. The van der Waals surface area contributed by atoms with Gasteiger partial charge in [0.15, 0.2) is 0 Å². The smallest absolute Gasteiger partial charge is 0.220 e. The van der Waals surface area contributed by atoms with Crippen molar-refractivity contribution in [2.45, 2.75) is 69.1 Å². The summed E-state index contributed by atoms with van der Waals surface area (Å²) in [5.74, 6) is 2.30. The number of hydrogen-bond donors (Lipinski definition) is 1. The third kappa shape index (κ3) is 4.63. The summed E-state index contributed by atoms with van der Waals surface area (Å²) in [4.78, 5) is 15.2. The molecule has 1 unspecified atom stereocenters. The van der Waals surface area contributed by atoms with Gasteiger partial charge in [-0.05, 0) is 67.9 Å². The van der Waals surface area contributed by atoms with Gasteiger partial charge in [0.25, 0.3) is 0 Å². The lowest BCUT2D eigenvalue weighted by atomic mass is 9.76. The second-order valence-corrected chi connectivity index (χ2v) is 9.75. The number of likely N-dealkylation sites (tertiary alicyclic amines) is 1. The average molecular weight is 435 g/mol. The maximum absolute atomic E-state index is 12.7. The monoisotopic (exact) mass is 434 g/mol. The number of methoxy groups -OCH3 is 1. The number of carbonyl (C=O) groups is 1. The predicted octanol–water partition coefficient (Wildman–Crippen LogP) is 4.65. The highest BCUT2D eigenvalue weighted by atomic mass is 16.5. The van der Waals surface area contributed by atoms with E-state index < -0.39 is 0 Å². The summed E-state index contributed by atoms with van der Waals surface area (Å²) in [6, 6.07) is 17.1. The molecule has 3 aliphatic rings. The number of nitrogens with one attached hydrogen (secondary N) is 1. The van der Waals surface area contributed by atoms with E-state index in [1.165, 1.54) is 17.5 Å². The molecule has 170 valence electrons. The molecule has 1 spiro atoms. The number of para-hydroxylation sites is 1. The molecule has 5 nitrogen and oxygen atoms in total. The fourth-order valence-corrected chi connectivity index (χ4v) is 5.40. The molecule has 5 heteroatoms. The normalized spacial score (nSPS) is 22.5. The van der Waals surface area contributed by atoms with E-state index in [1.54, 1.807) is 7.11 Å². The Morgan fingerprint density at radius 2 is 1.88 bits per heavy atom. The van der Waals surface area contributed by atoms with E-state index in [-0.39, 0.29) is 17.4 Å². The molecule has 1 amide bonds. The molecule has 2 aromatic carbocycles. The minimum atomic E-state index is -0.161. The topological polar surface area (TPSA) is 50.8 Å². The molecule has 0 radical (unpaired) electrons. The molecule has 0 bridgehead atoms. The first kappa shape index (κ1) is 21.3. The van der Waals surface area contributed by atoms with Crippen LogP contribution in [-0.4, -0.2) is 42.6 Å². The number of hydrogen-bond acceptors (Lipinski definition) is 4. The summed E-state index contributed by atoms with van der Waals surface area (Å²) in [6.45, 7) is 2.97. The Bertz CT molecular complexity index is 930. The summed E-state index contributed by atoms with van der Waals surface area (Å²) in [5, 5.41) is 3.23. The minimum absolute atomic E-state index is 0.161. The van der Waals surface area contributed by atoms with E-state index in [4.69, 9.17) is 9.47 Å². The quantitative estimate of drug-likeness (QED) is 0.719. The number of carbonyl (C=O) groups excluding carboxylic acids is 1. The second-order valence-electron chi connectivity index (χ2n) is 9.75. The van der Waals surface area contributed by atoms with Crippen molar-refractivity contribution in [2.75, 3.05) is 20.2 Å². The Balaban J connectivity index is 1.24. The molecule has 2 heterocycles. The van der Waals surface area contributed by atoms with Gasteiger partial charge in [-0.3, -0.25) is 9.69 Å². The van der Waals surface area contributed by atoms with Crippen molar-refractivity contribution in [3.63, 3.8) is 0 Å². The highest BCUT2D eigenvalue weighted by molar-refractivity contribution is 5.77. The van der Waals surface area contributed by atoms with Gasteiger partial charge in [-0.1, -0.05) is 30.3 Å². The van der Waals surface area contributed by atoms with E-state index in [0.717, 1.165) is 63.2 Å². The van der Waals surface area contributed by atoms with Crippen LogP contribution in [0.15, 0.2) is 48.5 Å². The Morgan fingerprint density at radius 1 is 1.12 bits per heavy atom. The second kappa shape index (κ2) is 9.14. The highest BCUT2D eigenvalue weighted by Crippen LogP contribution is 2.46. The molecule has 2 aromatic rings. The number of amides is 1. The van der Waals surface area contributed by atoms with E-state index in [2.05, 4.69) is 40.5 Å². The number of rotatable bonds is 6. The fourth-order valence-electron chi connectivity index (χ4n) is 5.40. The SMILES string of the molecule is COc1ccc(CN2CCC3(CC2)CC(CC(=O)NC2CCC2)c2ccccc2O3)cc1. The molecule has 1 saturated carbocycles. The molecule has 1 aliphatic carbocycles. The van der Waals surface area contributed by atoms with Crippen molar-refractivity contribution in [2.24, 2.45) is 0 Å².